The quantitative estimate of drug-likeness (QED) is 0.616. The van der Waals surface area contributed by atoms with Crippen LogP contribution < -0.4 is 0 Å². The van der Waals surface area contributed by atoms with Crippen molar-refractivity contribution in [3.63, 3.8) is 0 Å². The first-order chi connectivity index (χ1) is 9.52. The van der Waals surface area contributed by atoms with Crippen LogP contribution >= 0.6 is 0 Å². The Kier molecular flexibility index (Phi) is 3.00. The van der Waals surface area contributed by atoms with Crippen molar-refractivity contribution in [1.29, 1.82) is 0 Å². The molecule has 1 spiro atoms. The van der Waals surface area contributed by atoms with E-state index >= 15 is 0 Å². The van der Waals surface area contributed by atoms with Crippen molar-refractivity contribution >= 4 is 5.97 Å². The van der Waals surface area contributed by atoms with Crippen LogP contribution in [0, 0.1) is 5.41 Å². The number of benzene rings is 1. The number of hydrogen-bond donors (Lipinski definition) is 0. The SMILES string of the molecule is C=C(C)C(=O)OC1(CC)Cc2ccccc2CC12CC2. The van der Waals surface area contributed by atoms with Gasteiger partial charge in [0.25, 0.3) is 0 Å². The van der Waals surface area contributed by atoms with Crippen LogP contribution in [0.15, 0.2) is 36.4 Å². The van der Waals surface area contributed by atoms with E-state index in [1.807, 2.05) is 0 Å². The molecule has 2 nitrogen and oxygen atoms in total. The second-order valence-electron chi connectivity index (χ2n) is 6.42. The predicted octanol–water partition coefficient (Wildman–Crippen LogP) is 3.83. The minimum absolute atomic E-state index is 0.168. The number of hydrogen-bond acceptors (Lipinski definition) is 2. The molecule has 3 rings (SSSR count). The third kappa shape index (κ3) is 1.90. The average Bonchev–Trinajstić information content (AvgIpc) is 3.20. The monoisotopic (exact) mass is 270 g/mol. The van der Waals surface area contributed by atoms with Gasteiger partial charge in [-0.15, -0.1) is 0 Å². The molecule has 0 heterocycles. The summed E-state index contributed by atoms with van der Waals surface area (Å²) in [6.07, 6.45) is 5.09. The molecule has 1 fully saturated rings. The molecular weight excluding hydrogens is 248 g/mol. The molecule has 0 bridgehead atoms. The zero-order chi connectivity index (χ0) is 14.4. The second kappa shape index (κ2) is 4.47. The zero-order valence-corrected chi connectivity index (χ0v) is 12.4. The van der Waals surface area contributed by atoms with Crippen LogP contribution in [0.25, 0.3) is 0 Å². The maximum Gasteiger partial charge on any atom is 0.333 e. The maximum atomic E-state index is 12.1. The first-order valence-electron chi connectivity index (χ1n) is 7.48. The van der Waals surface area contributed by atoms with Crippen molar-refractivity contribution in [2.75, 3.05) is 0 Å². The molecule has 0 radical (unpaired) electrons. The highest BCUT2D eigenvalue weighted by Gasteiger charge is 2.62. The lowest BCUT2D eigenvalue weighted by Gasteiger charge is -2.44. The van der Waals surface area contributed by atoms with Gasteiger partial charge in [0.1, 0.15) is 5.60 Å². The van der Waals surface area contributed by atoms with Crippen molar-refractivity contribution in [2.24, 2.45) is 5.41 Å². The Morgan fingerprint density at radius 1 is 1.25 bits per heavy atom. The first-order valence-corrected chi connectivity index (χ1v) is 7.48. The Bertz CT molecular complexity index is 569. The lowest BCUT2D eigenvalue weighted by atomic mass is 9.68. The van der Waals surface area contributed by atoms with Crippen LogP contribution in [-0.4, -0.2) is 11.6 Å². The summed E-state index contributed by atoms with van der Waals surface area (Å²) in [6.45, 7) is 7.59. The highest BCUT2D eigenvalue weighted by Crippen LogP contribution is 2.62. The number of fused-ring (bicyclic) bond motifs is 1. The van der Waals surface area contributed by atoms with Crippen molar-refractivity contribution in [3.8, 4) is 0 Å². The smallest absolute Gasteiger partial charge is 0.333 e. The van der Waals surface area contributed by atoms with Gasteiger partial charge < -0.3 is 4.74 Å². The maximum absolute atomic E-state index is 12.1. The summed E-state index contributed by atoms with van der Waals surface area (Å²) in [5.41, 5.74) is 3.09. The molecule has 1 saturated carbocycles. The van der Waals surface area contributed by atoms with Crippen LogP contribution in [0.3, 0.4) is 0 Å². The molecule has 0 N–H and O–H groups in total. The normalized spacial score (nSPS) is 25.9. The van der Waals surface area contributed by atoms with E-state index in [0.29, 0.717) is 5.57 Å². The molecule has 1 atom stereocenters. The molecule has 106 valence electrons. The zero-order valence-electron chi connectivity index (χ0n) is 12.4. The summed E-state index contributed by atoms with van der Waals surface area (Å²) >= 11 is 0. The molecule has 2 heteroatoms. The van der Waals surface area contributed by atoms with E-state index in [-0.39, 0.29) is 17.0 Å². The molecule has 1 unspecified atom stereocenters. The summed E-state index contributed by atoms with van der Waals surface area (Å²) < 4.78 is 5.99. The molecule has 0 aromatic heterocycles. The standard InChI is InChI=1S/C18H22O2/c1-4-18(20-16(19)13(2)3)12-15-8-6-5-7-14(15)11-17(18)9-10-17/h5-8H,2,4,9-12H2,1,3H3. The van der Waals surface area contributed by atoms with Crippen molar-refractivity contribution in [3.05, 3.63) is 47.5 Å². The Balaban J connectivity index is 1.98. The van der Waals surface area contributed by atoms with Crippen molar-refractivity contribution < 1.29 is 9.53 Å². The lowest BCUT2D eigenvalue weighted by molar-refractivity contribution is -0.166. The summed E-state index contributed by atoms with van der Waals surface area (Å²) in [7, 11) is 0. The van der Waals surface area contributed by atoms with E-state index in [1.54, 1.807) is 6.92 Å². The van der Waals surface area contributed by atoms with Gasteiger partial charge in [0, 0.05) is 17.4 Å². The Morgan fingerprint density at radius 3 is 2.35 bits per heavy atom. The fourth-order valence-corrected chi connectivity index (χ4v) is 3.69. The number of carbonyl (C=O) groups excluding carboxylic acids is 1. The topological polar surface area (TPSA) is 26.3 Å². The molecule has 1 aromatic rings. The molecule has 2 aliphatic rings. The number of carbonyl (C=O) groups is 1. The van der Waals surface area contributed by atoms with E-state index in [2.05, 4.69) is 37.8 Å². The summed E-state index contributed by atoms with van der Waals surface area (Å²) in [5, 5.41) is 0. The van der Waals surface area contributed by atoms with E-state index in [0.717, 1.165) is 19.3 Å². The second-order valence-corrected chi connectivity index (χ2v) is 6.42. The van der Waals surface area contributed by atoms with E-state index in [1.165, 1.54) is 24.0 Å². The highest BCUT2D eigenvalue weighted by molar-refractivity contribution is 5.87. The molecule has 0 amide bonds. The van der Waals surface area contributed by atoms with Crippen LogP contribution in [0.1, 0.15) is 44.2 Å². The largest absolute Gasteiger partial charge is 0.455 e. The van der Waals surface area contributed by atoms with Gasteiger partial charge in [-0.05, 0) is 43.7 Å². The van der Waals surface area contributed by atoms with Crippen LogP contribution in [0.2, 0.25) is 0 Å². The molecule has 1 aromatic carbocycles. The third-order valence-corrected chi connectivity index (χ3v) is 5.15. The average molecular weight is 270 g/mol. The summed E-state index contributed by atoms with van der Waals surface area (Å²) in [5.74, 6) is -0.238. The Labute approximate surface area is 120 Å². The highest BCUT2D eigenvalue weighted by atomic mass is 16.6. The fraction of sp³-hybridized carbons (Fsp3) is 0.500. The lowest BCUT2D eigenvalue weighted by Crippen LogP contribution is -2.49. The van der Waals surface area contributed by atoms with Crippen LogP contribution in [-0.2, 0) is 22.4 Å². The first kappa shape index (κ1) is 13.4. The van der Waals surface area contributed by atoms with Gasteiger partial charge in [0.05, 0.1) is 0 Å². The van der Waals surface area contributed by atoms with Crippen molar-refractivity contribution in [2.45, 2.75) is 51.6 Å². The Morgan fingerprint density at radius 2 is 1.85 bits per heavy atom. The number of ether oxygens (including phenoxy) is 1. The third-order valence-electron chi connectivity index (χ3n) is 5.15. The molecule has 20 heavy (non-hydrogen) atoms. The van der Waals surface area contributed by atoms with Gasteiger partial charge >= 0.3 is 5.97 Å². The van der Waals surface area contributed by atoms with E-state index in [4.69, 9.17) is 4.74 Å². The molecule has 0 aliphatic heterocycles. The van der Waals surface area contributed by atoms with E-state index in [9.17, 15) is 4.79 Å². The molecular formula is C18H22O2. The van der Waals surface area contributed by atoms with Gasteiger partial charge in [-0.2, -0.15) is 0 Å². The summed E-state index contributed by atoms with van der Waals surface area (Å²) in [4.78, 5) is 12.1. The van der Waals surface area contributed by atoms with Gasteiger partial charge in [-0.1, -0.05) is 37.8 Å². The number of rotatable bonds is 3. The fourth-order valence-electron chi connectivity index (χ4n) is 3.69. The molecule has 0 saturated heterocycles. The van der Waals surface area contributed by atoms with Gasteiger partial charge in [-0.25, -0.2) is 4.79 Å². The van der Waals surface area contributed by atoms with Crippen molar-refractivity contribution in [1.82, 2.24) is 0 Å². The minimum Gasteiger partial charge on any atom is -0.455 e. The summed E-state index contributed by atoms with van der Waals surface area (Å²) in [6, 6.07) is 8.57. The van der Waals surface area contributed by atoms with Gasteiger partial charge in [0.15, 0.2) is 0 Å². The molecule has 2 aliphatic carbocycles. The number of esters is 1. The van der Waals surface area contributed by atoms with Gasteiger partial charge in [-0.3, -0.25) is 0 Å². The van der Waals surface area contributed by atoms with E-state index < -0.39 is 0 Å². The predicted molar refractivity (Wildman–Crippen MR) is 79.4 cm³/mol. The van der Waals surface area contributed by atoms with Crippen LogP contribution in [0.4, 0.5) is 0 Å². The Hall–Kier alpha value is -1.57. The minimum atomic E-state index is -0.336. The van der Waals surface area contributed by atoms with Gasteiger partial charge in [0.2, 0.25) is 0 Å². The van der Waals surface area contributed by atoms with Crippen LogP contribution in [0.5, 0.6) is 0 Å².